The van der Waals surface area contributed by atoms with Gasteiger partial charge in [0.25, 0.3) is 0 Å². The number of ether oxygens (including phenoxy) is 2. The molecule has 0 saturated heterocycles. The highest BCUT2D eigenvalue weighted by molar-refractivity contribution is 6.04. The lowest BCUT2D eigenvalue weighted by molar-refractivity contribution is -0.141. The zero-order valence-corrected chi connectivity index (χ0v) is 17.6. The zero-order chi connectivity index (χ0) is 21.3. The van der Waals surface area contributed by atoms with Crippen LogP contribution in [0.4, 0.5) is 0 Å². The van der Waals surface area contributed by atoms with Gasteiger partial charge in [-0.15, -0.1) is 0 Å². The second-order valence-electron chi connectivity index (χ2n) is 7.30. The molecule has 6 nitrogen and oxygen atoms in total. The zero-order valence-electron chi connectivity index (χ0n) is 17.6. The van der Waals surface area contributed by atoms with Crippen LogP contribution < -0.4 is 20.1 Å². The van der Waals surface area contributed by atoms with Crippen LogP contribution in [-0.4, -0.2) is 39.1 Å². The van der Waals surface area contributed by atoms with Gasteiger partial charge < -0.3 is 20.1 Å². The maximum absolute atomic E-state index is 12.5. The number of rotatable bonds is 10. The smallest absolute Gasteiger partial charge is 0.235 e. The Balaban J connectivity index is 1.79. The molecular weight excluding hydrogens is 368 g/mol. The third-order valence-corrected chi connectivity index (χ3v) is 4.87. The molecule has 0 unspecified atom stereocenters. The van der Waals surface area contributed by atoms with Gasteiger partial charge in [-0.1, -0.05) is 30.3 Å². The molecular formula is C23H30N2O4. The number of carbonyl (C=O) groups excluding carboxylic acids is 2. The van der Waals surface area contributed by atoms with Gasteiger partial charge in [0.2, 0.25) is 11.8 Å². The van der Waals surface area contributed by atoms with E-state index in [0.717, 1.165) is 22.6 Å². The largest absolute Gasteiger partial charge is 0.497 e. The highest BCUT2D eigenvalue weighted by atomic mass is 16.5. The third-order valence-electron chi connectivity index (χ3n) is 4.87. The summed E-state index contributed by atoms with van der Waals surface area (Å²) >= 11 is 0. The van der Waals surface area contributed by atoms with Crippen LogP contribution in [0.25, 0.3) is 0 Å². The fourth-order valence-corrected chi connectivity index (χ4v) is 2.88. The Bertz CT molecular complexity index is 816. The fourth-order valence-electron chi connectivity index (χ4n) is 2.88. The average Bonchev–Trinajstić information content (AvgIpc) is 2.74. The lowest BCUT2D eigenvalue weighted by Gasteiger charge is -2.23. The molecule has 0 aliphatic rings. The maximum Gasteiger partial charge on any atom is 0.235 e. The van der Waals surface area contributed by atoms with E-state index >= 15 is 0 Å². The average molecular weight is 399 g/mol. The summed E-state index contributed by atoms with van der Waals surface area (Å²) in [6, 6.07) is 15.4. The third kappa shape index (κ3) is 6.24. The quantitative estimate of drug-likeness (QED) is 0.604. The molecule has 0 heterocycles. The van der Waals surface area contributed by atoms with Crippen LogP contribution in [0.15, 0.2) is 48.5 Å². The van der Waals surface area contributed by atoms with Crippen molar-refractivity contribution in [2.24, 2.45) is 5.41 Å². The van der Waals surface area contributed by atoms with Crippen LogP contribution in [0.2, 0.25) is 0 Å². The summed E-state index contributed by atoms with van der Waals surface area (Å²) < 4.78 is 10.5. The van der Waals surface area contributed by atoms with E-state index < -0.39 is 5.41 Å². The minimum Gasteiger partial charge on any atom is -0.497 e. The topological polar surface area (TPSA) is 76.7 Å². The molecule has 0 aliphatic heterocycles. The summed E-state index contributed by atoms with van der Waals surface area (Å²) in [5.74, 6) is 0.996. The molecule has 2 aromatic rings. The molecule has 0 atom stereocenters. The highest BCUT2D eigenvalue weighted by Gasteiger charge is 2.35. The van der Waals surface area contributed by atoms with E-state index in [9.17, 15) is 9.59 Å². The molecule has 0 aliphatic carbocycles. The van der Waals surface area contributed by atoms with E-state index in [4.69, 9.17) is 9.47 Å². The van der Waals surface area contributed by atoms with Crippen molar-refractivity contribution in [1.29, 1.82) is 0 Å². The van der Waals surface area contributed by atoms with E-state index in [2.05, 4.69) is 10.6 Å². The Hall–Kier alpha value is -3.02. The SMILES string of the molecule is COc1ccc(CCNC(=O)C(C)(C)C(=O)NCCc2ccccc2OC)cc1. The second kappa shape index (κ2) is 10.5. The van der Waals surface area contributed by atoms with E-state index in [-0.39, 0.29) is 11.8 Å². The van der Waals surface area contributed by atoms with Gasteiger partial charge in [-0.2, -0.15) is 0 Å². The first-order valence-corrected chi connectivity index (χ1v) is 9.70. The standard InChI is InChI=1S/C23H30N2O4/c1-23(2,21(26)24-15-13-17-9-11-19(28-3)12-10-17)22(27)25-16-14-18-7-5-6-8-20(18)29-4/h5-12H,13-16H2,1-4H3,(H,24,26)(H,25,27). The first kappa shape index (κ1) is 22.3. The molecule has 0 spiro atoms. The van der Waals surface area contributed by atoms with Crippen molar-refractivity contribution < 1.29 is 19.1 Å². The van der Waals surface area contributed by atoms with Gasteiger partial charge in [0.15, 0.2) is 0 Å². The number of hydrogen-bond acceptors (Lipinski definition) is 4. The second-order valence-corrected chi connectivity index (χ2v) is 7.30. The summed E-state index contributed by atoms with van der Waals surface area (Å²) in [5.41, 5.74) is 0.947. The number of para-hydroxylation sites is 1. The van der Waals surface area contributed by atoms with Crippen molar-refractivity contribution in [2.75, 3.05) is 27.3 Å². The number of amides is 2. The molecule has 6 heteroatoms. The molecule has 2 amide bonds. The van der Waals surface area contributed by atoms with Crippen LogP contribution in [0, 0.1) is 5.41 Å². The summed E-state index contributed by atoms with van der Waals surface area (Å²) in [7, 11) is 3.25. The van der Waals surface area contributed by atoms with Gasteiger partial charge >= 0.3 is 0 Å². The molecule has 156 valence electrons. The molecule has 0 saturated carbocycles. The predicted octanol–water partition coefficient (Wildman–Crippen LogP) is 2.75. The lowest BCUT2D eigenvalue weighted by atomic mass is 9.91. The van der Waals surface area contributed by atoms with Crippen molar-refractivity contribution in [2.45, 2.75) is 26.7 Å². The Kier molecular flexibility index (Phi) is 8.07. The summed E-state index contributed by atoms with van der Waals surface area (Å²) in [4.78, 5) is 25.1. The van der Waals surface area contributed by atoms with Crippen molar-refractivity contribution in [3.05, 3.63) is 59.7 Å². The normalized spacial score (nSPS) is 10.9. The molecule has 29 heavy (non-hydrogen) atoms. The monoisotopic (exact) mass is 398 g/mol. The lowest BCUT2D eigenvalue weighted by Crippen LogP contribution is -2.48. The van der Waals surface area contributed by atoms with E-state index in [1.54, 1.807) is 28.1 Å². The van der Waals surface area contributed by atoms with E-state index in [1.807, 2.05) is 48.5 Å². The fraction of sp³-hybridized carbons (Fsp3) is 0.391. The van der Waals surface area contributed by atoms with Crippen molar-refractivity contribution in [1.82, 2.24) is 10.6 Å². The van der Waals surface area contributed by atoms with Crippen LogP contribution in [-0.2, 0) is 22.4 Å². The van der Waals surface area contributed by atoms with Gasteiger partial charge in [-0.25, -0.2) is 0 Å². The minimum absolute atomic E-state index is 0.291. The first-order valence-electron chi connectivity index (χ1n) is 9.70. The molecule has 0 bridgehead atoms. The number of benzene rings is 2. The van der Waals surface area contributed by atoms with Crippen LogP contribution >= 0.6 is 0 Å². The Labute approximate surface area is 172 Å². The predicted molar refractivity (Wildman–Crippen MR) is 113 cm³/mol. The number of methoxy groups -OCH3 is 2. The van der Waals surface area contributed by atoms with Gasteiger partial charge in [-0.05, 0) is 56.0 Å². The molecule has 0 aromatic heterocycles. The number of carbonyl (C=O) groups is 2. The Morgan fingerprint density at radius 3 is 2.00 bits per heavy atom. The molecule has 0 fully saturated rings. The Morgan fingerprint density at radius 2 is 1.41 bits per heavy atom. The molecule has 2 aromatic carbocycles. The number of nitrogens with one attached hydrogen (secondary N) is 2. The molecule has 2 N–H and O–H groups in total. The van der Waals surface area contributed by atoms with Gasteiger partial charge in [0.05, 0.1) is 14.2 Å². The van der Waals surface area contributed by atoms with Gasteiger partial charge in [-0.3, -0.25) is 9.59 Å². The minimum atomic E-state index is -1.15. The highest BCUT2D eigenvalue weighted by Crippen LogP contribution is 2.18. The van der Waals surface area contributed by atoms with E-state index in [0.29, 0.717) is 25.9 Å². The maximum atomic E-state index is 12.5. The molecule has 2 rings (SSSR count). The summed E-state index contributed by atoms with van der Waals surface area (Å²) in [5, 5.41) is 5.71. The van der Waals surface area contributed by atoms with E-state index in [1.165, 1.54) is 0 Å². The van der Waals surface area contributed by atoms with Crippen LogP contribution in [0.3, 0.4) is 0 Å². The van der Waals surface area contributed by atoms with Gasteiger partial charge in [0.1, 0.15) is 16.9 Å². The van der Waals surface area contributed by atoms with Crippen molar-refractivity contribution in [3.8, 4) is 11.5 Å². The molecule has 0 radical (unpaired) electrons. The summed E-state index contributed by atoms with van der Waals surface area (Å²) in [6.45, 7) is 4.16. The van der Waals surface area contributed by atoms with Crippen LogP contribution in [0.1, 0.15) is 25.0 Å². The van der Waals surface area contributed by atoms with Crippen molar-refractivity contribution >= 4 is 11.8 Å². The first-order chi connectivity index (χ1) is 13.9. The van der Waals surface area contributed by atoms with Gasteiger partial charge in [0, 0.05) is 13.1 Å². The summed E-state index contributed by atoms with van der Waals surface area (Å²) in [6.07, 6.45) is 1.31. The van der Waals surface area contributed by atoms with Crippen LogP contribution in [0.5, 0.6) is 11.5 Å². The number of hydrogen-bond donors (Lipinski definition) is 2. The Morgan fingerprint density at radius 1 is 0.828 bits per heavy atom. The van der Waals surface area contributed by atoms with Crippen molar-refractivity contribution in [3.63, 3.8) is 0 Å².